The molecule has 16 unspecified atom stereocenters. The number of esters is 1. The molecule has 13 N–H and O–H groups in total. The van der Waals surface area contributed by atoms with Gasteiger partial charge in [-0.05, 0) is 54.1 Å². The molecule has 23 nitrogen and oxygen atoms in total. The number of phenolic OH excluding ortho intramolecular Hbond substituents is 2. The second kappa shape index (κ2) is 20.7. The van der Waals surface area contributed by atoms with Crippen LogP contribution in [-0.2, 0) is 42.7 Å². The summed E-state index contributed by atoms with van der Waals surface area (Å²) in [5.74, 6) is -2.03. The number of carbonyl (C=O) groups excluding carboxylic acids is 1. The van der Waals surface area contributed by atoms with E-state index in [0.717, 1.165) is 12.2 Å². The second-order valence-corrected chi connectivity index (χ2v) is 15.6. The number of aliphatic hydroxyl groups excluding tert-OH is 11. The Bertz CT molecular complexity index is 2190. The number of aromatic hydroxyl groups is 2. The van der Waals surface area contributed by atoms with Crippen molar-refractivity contribution in [2.75, 3.05) is 26.9 Å². The van der Waals surface area contributed by atoms with Gasteiger partial charge in [-0.25, -0.2) is 4.79 Å². The largest absolute Gasteiger partial charge is 0.508 e. The van der Waals surface area contributed by atoms with Crippen LogP contribution in [-0.4, -0.2) is 198 Å². The monoisotopic (exact) mass is 934 g/mol. The molecule has 360 valence electrons. The third-order valence-corrected chi connectivity index (χ3v) is 11.2. The van der Waals surface area contributed by atoms with Crippen LogP contribution >= 0.6 is 0 Å². The van der Waals surface area contributed by atoms with E-state index < -0.39 is 130 Å². The summed E-state index contributed by atoms with van der Waals surface area (Å²) in [5.41, 5.74) is 0.767. The van der Waals surface area contributed by atoms with Crippen LogP contribution in [0.15, 0.2) is 89.6 Å². The van der Waals surface area contributed by atoms with Gasteiger partial charge >= 0.3 is 5.97 Å². The minimum Gasteiger partial charge on any atom is -0.508 e. The van der Waals surface area contributed by atoms with E-state index in [1.54, 1.807) is 0 Å². The zero-order valence-corrected chi connectivity index (χ0v) is 34.7. The molecule has 7 rings (SSSR count). The molecule has 5 aliphatic rings. The molecule has 16 atom stereocenters. The minimum atomic E-state index is -2.04. The topological polar surface area (TPSA) is 363 Å². The first-order valence-corrected chi connectivity index (χ1v) is 20.4. The first-order valence-electron chi connectivity index (χ1n) is 20.4. The van der Waals surface area contributed by atoms with Crippen LogP contribution in [0.3, 0.4) is 0 Å². The van der Waals surface area contributed by atoms with Gasteiger partial charge in [-0.3, -0.25) is 0 Å². The van der Waals surface area contributed by atoms with E-state index in [2.05, 4.69) is 0 Å². The number of hydrogen-bond donors (Lipinski definition) is 13. The molecule has 4 aliphatic heterocycles. The third-order valence-electron chi connectivity index (χ3n) is 11.2. The smallest absolute Gasteiger partial charge is 0.330 e. The number of phenols is 2. The normalized spacial score (nSPS) is 35.8. The van der Waals surface area contributed by atoms with Gasteiger partial charge in [0.25, 0.3) is 0 Å². The van der Waals surface area contributed by atoms with E-state index in [1.807, 2.05) is 0 Å². The Hall–Kier alpha value is -5.35. The molecule has 0 amide bonds. The number of hydrogen-bond acceptors (Lipinski definition) is 23. The zero-order chi connectivity index (χ0) is 47.6. The number of fused-ring (bicyclic) bond motifs is 1. The Morgan fingerprint density at radius 1 is 0.697 bits per heavy atom. The summed E-state index contributed by atoms with van der Waals surface area (Å²) in [6.45, 7) is -2.34. The fraction of sp³-hybridized carbons (Fsp3) is 0.465. The second-order valence-electron chi connectivity index (χ2n) is 15.6. The summed E-state index contributed by atoms with van der Waals surface area (Å²) in [7, 11) is 1.34. The molecular formula is C43H50O23. The highest BCUT2D eigenvalue weighted by Gasteiger charge is 2.52. The van der Waals surface area contributed by atoms with Crippen LogP contribution in [0.2, 0.25) is 0 Å². The highest BCUT2D eigenvalue weighted by Crippen LogP contribution is 2.41. The fourth-order valence-electron chi connectivity index (χ4n) is 7.51. The number of benzene rings is 2. The highest BCUT2D eigenvalue weighted by atomic mass is 16.8. The van der Waals surface area contributed by atoms with Gasteiger partial charge in [-0.2, -0.15) is 0 Å². The fourth-order valence-corrected chi connectivity index (χ4v) is 7.51. The predicted octanol–water partition coefficient (Wildman–Crippen LogP) is -2.84. The molecule has 2 aromatic carbocycles. The molecule has 0 aromatic heterocycles. The molecular weight excluding hydrogens is 884 g/mol. The van der Waals surface area contributed by atoms with Gasteiger partial charge in [0.15, 0.2) is 35.4 Å². The average Bonchev–Trinajstić information content (AvgIpc) is 3.30. The van der Waals surface area contributed by atoms with Crippen molar-refractivity contribution in [3.05, 3.63) is 101 Å². The number of rotatable bonds is 14. The molecule has 2 aromatic rings. The van der Waals surface area contributed by atoms with E-state index in [9.17, 15) is 71.2 Å². The molecule has 66 heavy (non-hydrogen) atoms. The SMILES string of the molecule is COc1cc(C=CC(=O)OCC2OC(OC3C(OC4=C(c5ccc(O)cc5)OC5C=C(O)C=C(OC6OC(CO)C(O)C(O)C6O)C5=C4)OC(CO)C(O)C3O)C(O)C(O)C2O)ccc1O. The van der Waals surface area contributed by atoms with Crippen molar-refractivity contribution in [3.63, 3.8) is 0 Å². The molecule has 0 spiro atoms. The van der Waals surface area contributed by atoms with Crippen LogP contribution in [0.4, 0.5) is 0 Å². The average molecular weight is 935 g/mol. The highest BCUT2D eigenvalue weighted by molar-refractivity contribution is 5.87. The third kappa shape index (κ3) is 10.3. The summed E-state index contributed by atoms with van der Waals surface area (Å²) >= 11 is 0. The number of methoxy groups -OCH3 is 1. The number of aliphatic hydroxyl groups is 11. The van der Waals surface area contributed by atoms with Gasteiger partial charge < -0.3 is 109 Å². The lowest BCUT2D eigenvalue weighted by Gasteiger charge is -2.46. The standard InChI is InChI=1S/C43H50O23/c1-58-25-10-17(2-8-22(25)48)3-9-30(49)59-16-29-33(52)35(54)38(57)42(65-29)66-40-36(55)32(51)28(15-45)64-43(40)62-26-13-21-23(60-39(26)18-4-6-19(46)7-5-18)11-20(47)12-24(21)61-41-37(56)34(53)31(50)27(14-44)63-41/h2-13,23,27-29,31-38,40-48,50-57H,14-16H2,1H3. The summed E-state index contributed by atoms with van der Waals surface area (Å²) in [6.07, 6.45) is -22.2. The van der Waals surface area contributed by atoms with E-state index in [-0.39, 0.29) is 45.7 Å². The lowest BCUT2D eigenvalue weighted by Crippen LogP contribution is -2.64. The Balaban J connectivity index is 1.15. The first kappa shape index (κ1) is 48.6. The van der Waals surface area contributed by atoms with Crippen LogP contribution in [0.25, 0.3) is 11.8 Å². The van der Waals surface area contributed by atoms with Gasteiger partial charge in [0, 0.05) is 29.4 Å². The lowest BCUT2D eigenvalue weighted by atomic mass is 9.96. The maximum Gasteiger partial charge on any atom is 0.330 e. The van der Waals surface area contributed by atoms with Crippen molar-refractivity contribution in [1.29, 1.82) is 0 Å². The van der Waals surface area contributed by atoms with Gasteiger partial charge in [-0.15, -0.1) is 0 Å². The van der Waals surface area contributed by atoms with Crippen LogP contribution in [0.1, 0.15) is 11.1 Å². The summed E-state index contributed by atoms with van der Waals surface area (Å²) in [4.78, 5) is 12.6. The molecule has 3 fully saturated rings. The molecule has 23 heteroatoms. The summed E-state index contributed by atoms with van der Waals surface area (Å²) in [6, 6.07) is 9.76. The van der Waals surface area contributed by atoms with Gasteiger partial charge in [0.2, 0.25) is 12.6 Å². The summed E-state index contributed by atoms with van der Waals surface area (Å²) in [5, 5.41) is 137. The summed E-state index contributed by atoms with van der Waals surface area (Å²) < 4.78 is 51.8. The Kier molecular flexibility index (Phi) is 15.2. The number of carbonyl (C=O) groups is 1. The van der Waals surface area contributed by atoms with E-state index in [0.29, 0.717) is 5.56 Å². The quantitative estimate of drug-likeness (QED) is 0.0670. The first-order chi connectivity index (χ1) is 31.5. The van der Waals surface area contributed by atoms with Gasteiger partial charge in [0.05, 0.1) is 20.3 Å². The van der Waals surface area contributed by atoms with E-state index in [1.165, 1.54) is 67.8 Å². The zero-order valence-electron chi connectivity index (χ0n) is 34.7. The van der Waals surface area contributed by atoms with Crippen LogP contribution in [0.5, 0.6) is 17.2 Å². The number of ether oxygens (including phenoxy) is 9. The lowest BCUT2D eigenvalue weighted by molar-refractivity contribution is -0.363. The molecule has 4 heterocycles. The van der Waals surface area contributed by atoms with Crippen molar-refractivity contribution in [1.82, 2.24) is 0 Å². The van der Waals surface area contributed by atoms with Crippen molar-refractivity contribution in [2.24, 2.45) is 0 Å². The molecule has 3 saturated heterocycles. The Morgan fingerprint density at radius 3 is 1.98 bits per heavy atom. The Labute approximate surface area is 374 Å². The number of allylic oxidation sites excluding steroid dienone is 2. The van der Waals surface area contributed by atoms with Crippen molar-refractivity contribution < 1.29 is 114 Å². The maximum atomic E-state index is 12.6. The van der Waals surface area contributed by atoms with Gasteiger partial charge in [0.1, 0.15) is 97.1 Å². The van der Waals surface area contributed by atoms with Crippen molar-refractivity contribution >= 4 is 17.8 Å². The predicted molar refractivity (Wildman–Crippen MR) is 217 cm³/mol. The molecule has 0 bridgehead atoms. The van der Waals surface area contributed by atoms with Crippen molar-refractivity contribution in [3.8, 4) is 17.2 Å². The molecule has 0 saturated carbocycles. The van der Waals surface area contributed by atoms with Crippen molar-refractivity contribution in [2.45, 2.75) is 98.2 Å². The van der Waals surface area contributed by atoms with Crippen LogP contribution < -0.4 is 4.74 Å². The van der Waals surface area contributed by atoms with Crippen LogP contribution in [0, 0.1) is 0 Å². The van der Waals surface area contributed by atoms with E-state index in [4.69, 9.17) is 42.6 Å². The Morgan fingerprint density at radius 2 is 1.32 bits per heavy atom. The van der Waals surface area contributed by atoms with Gasteiger partial charge in [-0.1, -0.05) is 6.07 Å². The molecule has 1 aliphatic carbocycles. The van der Waals surface area contributed by atoms with E-state index >= 15 is 0 Å². The minimum absolute atomic E-state index is 0.0630. The molecule has 0 radical (unpaired) electrons. The maximum absolute atomic E-state index is 12.6.